The second-order valence-electron chi connectivity index (χ2n) is 8.16. The molecule has 5 rings (SSSR count). The van der Waals surface area contributed by atoms with Crippen molar-refractivity contribution in [3.8, 4) is 5.69 Å². The number of carbonyl (C=O) groups excluding carboxylic acids is 1. The molecule has 0 saturated carbocycles. The van der Waals surface area contributed by atoms with Gasteiger partial charge >= 0.3 is 0 Å². The number of nitrogens with zero attached hydrogens (tertiary/aromatic N) is 4. The summed E-state index contributed by atoms with van der Waals surface area (Å²) in [5, 5.41) is 16.1. The summed E-state index contributed by atoms with van der Waals surface area (Å²) in [5.41, 5.74) is 4.24. The number of carbonyl (C=O) groups is 1. The Morgan fingerprint density at radius 1 is 1.17 bits per heavy atom. The van der Waals surface area contributed by atoms with E-state index >= 15 is 0 Å². The molecule has 0 unspecified atom stereocenters. The highest BCUT2D eigenvalue weighted by Gasteiger charge is 2.23. The molecule has 9 nitrogen and oxygen atoms in total. The van der Waals surface area contributed by atoms with Gasteiger partial charge in [0.05, 0.1) is 33.5 Å². The highest BCUT2D eigenvalue weighted by molar-refractivity contribution is 7.99. The maximum Gasteiger partial charge on any atom is 0.278 e. The lowest BCUT2D eigenvalue weighted by molar-refractivity contribution is -0.385. The topological polar surface area (TPSA) is 119 Å². The van der Waals surface area contributed by atoms with Gasteiger partial charge in [0.2, 0.25) is 0 Å². The van der Waals surface area contributed by atoms with Crippen molar-refractivity contribution in [2.24, 2.45) is 5.10 Å². The van der Waals surface area contributed by atoms with E-state index in [1.54, 1.807) is 34.1 Å². The largest absolute Gasteiger partial charge is 0.278 e. The fraction of sp³-hybridized carbons (Fsp3) is 0.200. The van der Waals surface area contributed by atoms with E-state index in [9.17, 15) is 19.7 Å². The van der Waals surface area contributed by atoms with Crippen LogP contribution < -0.4 is 11.0 Å². The van der Waals surface area contributed by atoms with Crippen LogP contribution in [0, 0.1) is 10.1 Å². The minimum Gasteiger partial charge on any atom is -0.272 e. The van der Waals surface area contributed by atoms with Gasteiger partial charge < -0.3 is 0 Å². The van der Waals surface area contributed by atoms with E-state index in [0.717, 1.165) is 43.0 Å². The molecule has 0 bridgehead atoms. The van der Waals surface area contributed by atoms with Gasteiger partial charge in [-0.15, -0.1) is 11.3 Å². The second-order valence-corrected chi connectivity index (χ2v) is 10.2. The summed E-state index contributed by atoms with van der Waals surface area (Å²) in [4.78, 5) is 43.5. The molecule has 0 saturated heterocycles. The third-order valence-corrected chi connectivity index (χ3v) is 7.96. The number of hydrogen-bond acceptors (Lipinski definition) is 8. The van der Waals surface area contributed by atoms with Crippen molar-refractivity contribution in [1.29, 1.82) is 0 Å². The lowest BCUT2D eigenvalue weighted by Gasteiger charge is -2.13. The van der Waals surface area contributed by atoms with Crippen LogP contribution in [0.2, 0.25) is 0 Å². The maximum atomic E-state index is 13.7. The van der Waals surface area contributed by atoms with Crippen LogP contribution in [0.25, 0.3) is 15.9 Å². The van der Waals surface area contributed by atoms with Gasteiger partial charge in [0, 0.05) is 10.9 Å². The fourth-order valence-corrected chi connectivity index (χ4v) is 6.29. The van der Waals surface area contributed by atoms with Gasteiger partial charge in [-0.1, -0.05) is 42.1 Å². The summed E-state index contributed by atoms with van der Waals surface area (Å²) in [7, 11) is 0. The predicted molar refractivity (Wildman–Crippen MR) is 141 cm³/mol. The third kappa shape index (κ3) is 4.79. The van der Waals surface area contributed by atoms with Gasteiger partial charge in [0.15, 0.2) is 5.16 Å². The van der Waals surface area contributed by atoms with Crippen molar-refractivity contribution in [1.82, 2.24) is 15.0 Å². The summed E-state index contributed by atoms with van der Waals surface area (Å²) in [6.45, 7) is 0. The summed E-state index contributed by atoms with van der Waals surface area (Å²) < 4.78 is 1.57. The second kappa shape index (κ2) is 10.4. The molecule has 1 aliphatic carbocycles. The molecule has 0 aliphatic heterocycles. The zero-order valence-electron chi connectivity index (χ0n) is 19.0. The number of hydrazone groups is 1. The number of para-hydroxylation sites is 2. The van der Waals surface area contributed by atoms with Gasteiger partial charge in [0.1, 0.15) is 4.83 Å². The number of hydrogen-bond donors (Lipinski definition) is 1. The van der Waals surface area contributed by atoms with Crippen LogP contribution in [0.4, 0.5) is 5.69 Å². The molecule has 1 amide bonds. The lowest BCUT2D eigenvalue weighted by atomic mass is 9.97. The average molecular weight is 520 g/mol. The summed E-state index contributed by atoms with van der Waals surface area (Å²) >= 11 is 2.71. The molecule has 1 aliphatic rings. The fourth-order valence-electron chi connectivity index (χ4n) is 4.19. The van der Waals surface area contributed by atoms with E-state index in [2.05, 4.69) is 10.5 Å². The van der Waals surface area contributed by atoms with Crippen molar-refractivity contribution in [2.75, 3.05) is 5.75 Å². The minimum atomic E-state index is -0.508. The van der Waals surface area contributed by atoms with E-state index in [0.29, 0.717) is 21.1 Å². The van der Waals surface area contributed by atoms with E-state index in [1.165, 1.54) is 17.2 Å². The Kier molecular flexibility index (Phi) is 6.92. The normalized spacial score (nSPS) is 13.1. The van der Waals surface area contributed by atoms with Crippen LogP contribution in [0.5, 0.6) is 0 Å². The zero-order valence-corrected chi connectivity index (χ0v) is 20.7. The van der Waals surface area contributed by atoms with E-state index < -0.39 is 10.8 Å². The molecule has 36 heavy (non-hydrogen) atoms. The monoisotopic (exact) mass is 519 g/mol. The van der Waals surface area contributed by atoms with Crippen LogP contribution in [-0.4, -0.2) is 32.3 Å². The Morgan fingerprint density at radius 2 is 1.92 bits per heavy atom. The molecule has 0 fully saturated rings. The molecule has 1 N–H and O–H groups in total. The lowest BCUT2D eigenvalue weighted by Crippen LogP contribution is -2.24. The number of thioether (sulfide) groups is 1. The molecule has 2 aromatic carbocycles. The first kappa shape index (κ1) is 23.9. The highest BCUT2D eigenvalue weighted by Crippen LogP contribution is 2.35. The van der Waals surface area contributed by atoms with Crippen molar-refractivity contribution in [3.63, 3.8) is 0 Å². The number of nitro benzene ring substituents is 1. The van der Waals surface area contributed by atoms with Crippen molar-refractivity contribution in [2.45, 2.75) is 30.8 Å². The number of aromatic nitrogens is 2. The minimum absolute atomic E-state index is 0.0376. The van der Waals surface area contributed by atoms with Crippen LogP contribution in [0.1, 0.15) is 28.8 Å². The molecule has 182 valence electrons. The maximum absolute atomic E-state index is 13.7. The highest BCUT2D eigenvalue weighted by atomic mass is 32.2. The zero-order chi connectivity index (χ0) is 25.1. The first-order valence-electron chi connectivity index (χ1n) is 11.3. The van der Waals surface area contributed by atoms with Crippen LogP contribution in [0.15, 0.2) is 69.6 Å². The number of aryl methyl sites for hydroxylation is 2. The Hall–Kier alpha value is -3.83. The molecule has 4 aromatic rings. The molecular weight excluding hydrogens is 498 g/mol. The Morgan fingerprint density at radius 3 is 2.72 bits per heavy atom. The van der Waals surface area contributed by atoms with Crippen LogP contribution >= 0.6 is 23.1 Å². The summed E-state index contributed by atoms with van der Waals surface area (Å²) in [6, 6.07) is 15.4. The number of fused-ring (bicyclic) bond motifs is 3. The summed E-state index contributed by atoms with van der Waals surface area (Å²) in [6.07, 6.45) is 5.26. The smallest absolute Gasteiger partial charge is 0.272 e. The quantitative estimate of drug-likeness (QED) is 0.126. The first-order chi connectivity index (χ1) is 17.5. The van der Waals surface area contributed by atoms with Crippen molar-refractivity contribution < 1.29 is 9.72 Å². The SMILES string of the molecule is O=C(CSc1nc2sc3c(c2c(=O)n1-c1ccccc1)CCCC3)N/N=C/c1ccccc1[N+](=O)[O-]. The van der Waals surface area contributed by atoms with Gasteiger partial charge in [-0.25, -0.2) is 10.4 Å². The van der Waals surface area contributed by atoms with Gasteiger partial charge in [-0.05, 0) is 49.4 Å². The van der Waals surface area contributed by atoms with Crippen molar-refractivity contribution >= 4 is 51.1 Å². The van der Waals surface area contributed by atoms with E-state index in [-0.39, 0.29) is 22.6 Å². The molecular formula is C25H21N5O4S2. The molecule has 11 heteroatoms. The molecule has 0 spiro atoms. The molecule has 0 atom stereocenters. The predicted octanol–water partition coefficient (Wildman–Crippen LogP) is 4.48. The first-order valence-corrected chi connectivity index (χ1v) is 13.1. The van der Waals surface area contributed by atoms with E-state index in [1.807, 2.05) is 30.3 Å². The number of nitrogens with one attached hydrogen (secondary N) is 1. The number of amides is 1. The average Bonchev–Trinajstić information content (AvgIpc) is 3.27. The van der Waals surface area contributed by atoms with Crippen LogP contribution in [0.3, 0.4) is 0 Å². The molecule has 2 heterocycles. The standard InChI is InChI=1S/C25H21N5O4S2/c31-21(28-26-14-16-8-4-6-12-19(16)30(33)34)15-35-25-27-23-22(18-11-5-7-13-20(18)36-23)24(32)29(25)17-9-2-1-3-10-17/h1-4,6,8-10,12,14H,5,7,11,13,15H2,(H,28,31)/b26-14+. The van der Waals surface area contributed by atoms with E-state index in [4.69, 9.17) is 4.98 Å². The Balaban J connectivity index is 1.40. The number of nitro groups is 1. The van der Waals surface area contributed by atoms with Crippen molar-refractivity contribution in [3.05, 3.63) is 91.1 Å². The van der Waals surface area contributed by atoms with Gasteiger partial charge in [-0.3, -0.25) is 24.3 Å². The van der Waals surface area contributed by atoms with Gasteiger partial charge in [-0.2, -0.15) is 5.10 Å². The Bertz CT molecular complexity index is 1550. The van der Waals surface area contributed by atoms with Crippen LogP contribution in [-0.2, 0) is 17.6 Å². The number of rotatable bonds is 7. The number of benzene rings is 2. The van der Waals surface area contributed by atoms with Gasteiger partial charge in [0.25, 0.3) is 17.2 Å². The Labute approximate surface area is 214 Å². The molecule has 2 aromatic heterocycles. The summed E-state index contributed by atoms with van der Waals surface area (Å²) in [5.74, 6) is -0.460. The number of thiophene rings is 1. The third-order valence-electron chi connectivity index (χ3n) is 5.83. The molecule has 0 radical (unpaired) electrons.